The number of rotatable bonds is 6. The smallest absolute Gasteiger partial charge is 0.337 e. The first-order valence-corrected chi connectivity index (χ1v) is 7.77. The summed E-state index contributed by atoms with van der Waals surface area (Å²) in [5.41, 5.74) is 1.39. The van der Waals surface area contributed by atoms with Gasteiger partial charge in [0.2, 0.25) is 5.91 Å². The maximum Gasteiger partial charge on any atom is 0.337 e. The van der Waals surface area contributed by atoms with Gasteiger partial charge in [-0.15, -0.1) is 6.58 Å². The number of benzene rings is 1. The van der Waals surface area contributed by atoms with E-state index in [0.29, 0.717) is 17.8 Å². The first kappa shape index (κ1) is 16.3. The van der Waals surface area contributed by atoms with Crippen molar-refractivity contribution in [2.45, 2.75) is 31.7 Å². The molecule has 0 aromatic heterocycles. The van der Waals surface area contributed by atoms with E-state index < -0.39 is 18.2 Å². The highest BCUT2D eigenvalue weighted by atomic mass is 16.6. The molecular weight excluding hydrogens is 310 g/mol. The van der Waals surface area contributed by atoms with Gasteiger partial charge >= 0.3 is 5.97 Å². The number of hydrogen-bond donors (Lipinski definition) is 1. The molecule has 2 aliphatic heterocycles. The average Bonchev–Trinajstić information content (AvgIpc) is 2.91. The number of ether oxygens (including phenoxy) is 2. The lowest BCUT2D eigenvalue weighted by Gasteiger charge is -2.33. The van der Waals surface area contributed by atoms with Gasteiger partial charge in [-0.05, 0) is 17.6 Å². The fourth-order valence-electron chi connectivity index (χ4n) is 2.87. The van der Waals surface area contributed by atoms with Crippen molar-refractivity contribution in [3.8, 4) is 0 Å². The maximum atomic E-state index is 12.6. The number of β-lactam (4-membered cyclic amide) rings is 1. The van der Waals surface area contributed by atoms with Gasteiger partial charge in [0, 0.05) is 0 Å². The first-order chi connectivity index (χ1) is 11.7. The molecule has 1 amide bonds. The van der Waals surface area contributed by atoms with Gasteiger partial charge in [0.25, 0.3) is 0 Å². The monoisotopic (exact) mass is 329 g/mol. The molecule has 2 heterocycles. The third-order valence-electron chi connectivity index (χ3n) is 4.11. The summed E-state index contributed by atoms with van der Waals surface area (Å²) in [6.45, 7) is 3.49. The molecule has 6 nitrogen and oxygen atoms in total. The normalized spacial score (nSPS) is 23.9. The lowest BCUT2D eigenvalue weighted by atomic mass is 10.0. The SMILES string of the molecule is C=CCC(CO)=C1OC2CC(=O)N2C1C(=O)OCc1ccccc1. The number of amides is 1. The van der Waals surface area contributed by atoms with E-state index in [1.807, 2.05) is 30.3 Å². The van der Waals surface area contributed by atoms with Crippen LogP contribution in [0.4, 0.5) is 0 Å². The Morgan fingerprint density at radius 3 is 2.79 bits per heavy atom. The van der Waals surface area contributed by atoms with Gasteiger partial charge in [0.15, 0.2) is 12.3 Å². The number of esters is 1. The number of fused-ring (bicyclic) bond motifs is 1. The summed E-state index contributed by atoms with van der Waals surface area (Å²) in [5, 5.41) is 9.54. The molecule has 2 saturated heterocycles. The number of carbonyl (C=O) groups is 2. The molecule has 0 bridgehead atoms. The van der Waals surface area contributed by atoms with Crippen LogP contribution < -0.4 is 0 Å². The Morgan fingerprint density at radius 2 is 2.17 bits per heavy atom. The van der Waals surface area contributed by atoms with Crippen LogP contribution in [-0.4, -0.2) is 40.8 Å². The van der Waals surface area contributed by atoms with Crippen molar-refractivity contribution in [1.29, 1.82) is 0 Å². The molecule has 2 unspecified atom stereocenters. The molecule has 0 spiro atoms. The van der Waals surface area contributed by atoms with E-state index in [1.165, 1.54) is 4.90 Å². The van der Waals surface area contributed by atoms with Crippen molar-refractivity contribution in [2.24, 2.45) is 0 Å². The van der Waals surface area contributed by atoms with Crippen LogP contribution in [0.2, 0.25) is 0 Å². The molecule has 2 fully saturated rings. The van der Waals surface area contributed by atoms with E-state index in [4.69, 9.17) is 9.47 Å². The minimum absolute atomic E-state index is 0.117. The highest BCUT2D eigenvalue weighted by Gasteiger charge is 2.55. The molecule has 2 atom stereocenters. The fourth-order valence-corrected chi connectivity index (χ4v) is 2.87. The van der Waals surface area contributed by atoms with E-state index in [1.54, 1.807) is 6.08 Å². The minimum atomic E-state index is -0.929. The lowest BCUT2D eigenvalue weighted by molar-refractivity contribution is -0.166. The molecule has 0 radical (unpaired) electrons. The van der Waals surface area contributed by atoms with Gasteiger partial charge in [0.05, 0.1) is 13.0 Å². The quantitative estimate of drug-likeness (QED) is 0.486. The van der Waals surface area contributed by atoms with Gasteiger partial charge in [0.1, 0.15) is 12.4 Å². The summed E-state index contributed by atoms with van der Waals surface area (Å²) in [7, 11) is 0. The van der Waals surface area contributed by atoms with Crippen LogP contribution in [0.5, 0.6) is 0 Å². The Kier molecular flexibility index (Phi) is 4.66. The van der Waals surface area contributed by atoms with Crippen molar-refractivity contribution in [2.75, 3.05) is 6.61 Å². The van der Waals surface area contributed by atoms with Gasteiger partial charge < -0.3 is 14.6 Å². The molecule has 126 valence electrons. The molecule has 0 saturated carbocycles. The molecule has 0 aliphatic carbocycles. The van der Waals surface area contributed by atoms with Gasteiger partial charge in [-0.1, -0.05) is 36.4 Å². The predicted octanol–water partition coefficient (Wildman–Crippen LogP) is 1.51. The van der Waals surface area contributed by atoms with Crippen LogP contribution in [0.1, 0.15) is 18.4 Å². The van der Waals surface area contributed by atoms with E-state index in [-0.39, 0.29) is 25.5 Å². The number of aliphatic hydroxyl groups is 1. The summed E-state index contributed by atoms with van der Waals surface area (Å²) in [6.07, 6.45) is 1.78. The Balaban J connectivity index is 1.80. The summed E-state index contributed by atoms with van der Waals surface area (Å²) < 4.78 is 11.1. The number of carbonyl (C=O) groups excluding carboxylic acids is 2. The predicted molar refractivity (Wildman–Crippen MR) is 85.3 cm³/mol. The second-order valence-corrected chi connectivity index (χ2v) is 5.69. The van der Waals surface area contributed by atoms with Crippen molar-refractivity contribution in [3.05, 3.63) is 59.9 Å². The van der Waals surface area contributed by atoms with Gasteiger partial charge in [-0.3, -0.25) is 9.69 Å². The third-order valence-corrected chi connectivity index (χ3v) is 4.11. The Labute approximate surface area is 140 Å². The second kappa shape index (κ2) is 6.88. The molecule has 2 aliphatic rings. The molecule has 3 rings (SSSR count). The standard InChI is InChI=1S/C18H19NO5/c1-2-6-13(10-20)17-16(19-14(21)9-15(19)24-17)18(22)23-11-12-7-4-3-5-8-12/h2-5,7-8,15-16,20H,1,6,9-11H2. The topological polar surface area (TPSA) is 76.1 Å². The second-order valence-electron chi connectivity index (χ2n) is 5.69. The third kappa shape index (κ3) is 2.92. The van der Waals surface area contributed by atoms with Crippen molar-refractivity contribution < 1.29 is 24.2 Å². The molecule has 6 heteroatoms. The van der Waals surface area contributed by atoms with Crippen LogP contribution in [-0.2, 0) is 25.7 Å². The molecule has 1 aromatic rings. The zero-order valence-electron chi connectivity index (χ0n) is 13.2. The fraction of sp³-hybridized carbons (Fsp3) is 0.333. The summed E-state index contributed by atoms with van der Waals surface area (Å²) in [6, 6.07) is 8.37. The van der Waals surface area contributed by atoms with Crippen LogP contribution in [0.3, 0.4) is 0 Å². The summed E-state index contributed by atoms with van der Waals surface area (Å²) in [4.78, 5) is 25.8. The van der Waals surface area contributed by atoms with Gasteiger partial charge in [-0.2, -0.15) is 0 Å². The number of nitrogens with zero attached hydrogens (tertiary/aromatic N) is 1. The van der Waals surface area contributed by atoms with Crippen molar-refractivity contribution >= 4 is 11.9 Å². The van der Waals surface area contributed by atoms with E-state index in [2.05, 4.69) is 6.58 Å². The zero-order valence-corrected chi connectivity index (χ0v) is 13.2. The Hall–Kier alpha value is -2.60. The summed E-state index contributed by atoms with van der Waals surface area (Å²) in [5.74, 6) is -0.404. The van der Waals surface area contributed by atoms with Gasteiger partial charge in [-0.25, -0.2) is 4.79 Å². The first-order valence-electron chi connectivity index (χ1n) is 7.77. The number of aliphatic hydroxyl groups excluding tert-OH is 1. The Bertz CT molecular complexity index is 682. The van der Waals surface area contributed by atoms with E-state index in [9.17, 15) is 14.7 Å². The highest BCUT2D eigenvalue weighted by Crippen LogP contribution is 2.38. The van der Waals surface area contributed by atoms with E-state index >= 15 is 0 Å². The minimum Gasteiger partial charge on any atom is -0.471 e. The van der Waals surface area contributed by atoms with Crippen LogP contribution in [0.25, 0.3) is 0 Å². The van der Waals surface area contributed by atoms with Crippen molar-refractivity contribution in [3.63, 3.8) is 0 Å². The lowest BCUT2D eigenvalue weighted by Crippen LogP contribution is -2.55. The molecule has 1 aromatic carbocycles. The zero-order chi connectivity index (χ0) is 17.1. The average molecular weight is 329 g/mol. The van der Waals surface area contributed by atoms with Crippen LogP contribution >= 0.6 is 0 Å². The van der Waals surface area contributed by atoms with E-state index in [0.717, 1.165) is 5.56 Å². The maximum absolute atomic E-state index is 12.6. The Morgan fingerprint density at radius 1 is 1.42 bits per heavy atom. The highest BCUT2D eigenvalue weighted by molar-refractivity contribution is 5.91. The molecule has 1 N–H and O–H groups in total. The largest absolute Gasteiger partial charge is 0.471 e. The van der Waals surface area contributed by atoms with Crippen LogP contribution in [0.15, 0.2) is 54.3 Å². The number of hydrogen-bond acceptors (Lipinski definition) is 5. The van der Waals surface area contributed by atoms with Crippen molar-refractivity contribution in [1.82, 2.24) is 4.90 Å². The molecule has 24 heavy (non-hydrogen) atoms. The summed E-state index contributed by atoms with van der Waals surface area (Å²) >= 11 is 0. The molecular formula is C18H19NO5. The number of allylic oxidation sites excluding steroid dienone is 1. The van der Waals surface area contributed by atoms with Crippen LogP contribution in [0, 0.1) is 0 Å².